The standard InChI is InChI=1S/C16H14N2O2/c1-2-20-16(19)13-8-4-6-10-15(13)18-11-12-7-3-5-9-14(12)17-18/h3-11H,2H2,1H3. The molecular weight excluding hydrogens is 252 g/mol. The maximum absolute atomic E-state index is 12.0. The molecule has 3 aromatic rings. The second kappa shape index (κ2) is 5.17. The highest BCUT2D eigenvalue weighted by Gasteiger charge is 2.14. The Morgan fingerprint density at radius 1 is 1.15 bits per heavy atom. The molecule has 20 heavy (non-hydrogen) atoms. The molecule has 1 aromatic heterocycles. The zero-order valence-corrected chi connectivity index (χ0v) is 11.1. The van der Waals surface area contributed by atoms with Crippen molar-refractivity contribution in [1.82, 2.24) is 9.78 Å². The van der Waals surface area contributed by atoms with Gasteiger partial charge in [0.1, 0.15) is 0 Å². The van der Waals surface area contributed by atoms with Crippen LogP contribution in [0, 0.1) is 0 Å². The highest BCUT2D eigenvalue weighted by Crippen LogP contribution is 2.19. The molecule has 0 atom stereocenters. The zero-order chi connectivity index (χ0) is 13.9. The van der Waals surface area contributed by atoms with Crippen LogP contribution in [0.4, 0.5) is 0 Å². The van der Waals surface area contributed by atoms with Gasteiger partial charge in [-0.05, 0) is 25.1 Å². The number of rotatable bonds is 3. The van der Waals surface area contributed by atoms with E-state index in [2.05, 4.69) is 5.10 Å². The van der Waals surface area contributed by atoms with Gasteiger partial charge in [0.2, 0.25) is 0 Å². The van der Waals surface area contributed by atoms with Crippen LogP contribution >= 0.6 is 0 Å². The smallest absolute Gasteiger partial charge is 0.340 e. The number of aromatic nitrogens is 2. The first kappa shape index (κ1) is 12.4. The van der Waals surface area contributed by atoms with Gasteiger partial charge in [-0.3, -0.25) is 0 Å². The van der Waals surface area contributed by atoms with E-state index in [1.54, 1.807) is 17.7 Å². The molecule has 1 heterocycles. The van der Waals surface area contributed by atoms with E-state index in [1.807, 2.05) is 48.7 Å². The summed E-state index contributed by atoms with van der Waals surface area (Å²) >= 11 is 0. The number of esters is 1. The molecule has 2 aromatic carbocycles. The number of hydrogen-bond acceptors (Lipinski definition) is 3. The number of nitrogens with zero attached hydrogens (tertiary/aromatic N) is 2. The lowest BCUT2D eigenvalue weighted by Gasteiger charge is -2.08. The third-order valence-electron chi connectivity index (χ3n) is 3.06. The predicted octanol–water partition coefficient (Wildman–Crippen LogP) is 3.20. The number of ether oxygens (including phenoxy) is 1. The van der Waals surface area contributed by atoms with Gasteiger partial charge in [-0.2, -0.15) is 5.10 Å². The predicted molar refractivity (Wildman–Crippen MR) is 77.0 cm³/mol. The highest BCUT2D eigenvalue weighted by molar-refractivity contribution is 5.93. The first-order valence-electron chi connectivity index (χ1n) is 6.50. The molecule has 0 unspecified atom stereocenters. The summed E-state index contributed by atoms with van der Waals surface area (Å²) < 4.78 is 6.80. The van der Waals surface area contributed by atoms with E-state index in [0.717, 1.165) is 16.6 Å². The summed E-state index contributed by atoms with van der Waals surface area (Å²) in [6.07, 6.45) is 1.91. The van der Waals surface area contributed by atoms with E-state index >= 15 is 0 Å². The summed E-state index contributed by atoms with van der Waals surface area (Å²) in [5, 5.41) is 5.53. The molecule has 0 saturated heterocycles. The lowest BCUT2D eigenvalue weighted by molar-refractivity contribution is 0.0526. The Labute approximate surface area is 116 Å². The van der Waals surface area contributed by atoms with Gasteiger partial charge < -0.3 is 4.74 Å². The Morgan fingerprint density at radius 2 is 1.90 bits per heavy atom. The van der Waals surface area contributed by atoms with Gasteiger partial charge in [0, 0.05) is 11.6 Å². The van der Waals surface area contributed by atoms with Gasteiger partial charge in [0.25, 0.3) is 0 Å². The summed E-state index contributed by atoms with van der Waals surface area (Å²) in [5.74, 6) is -0.331. The number of fused-ring (bicyclic) bond motifs is 1. The second-order valence-corrected chi connectivity index (χ2v) is 4.37. The number of benzene rings is 2. The van der Waals surface area contributed by atoms with Crippen LogP contribution < -0.4 is 0 Å². The van der Waals surface area contributed by atoms with Crippen LogP contribution in [0.25, 0.3) is 16.6 Å². The molecule has 0 radical (unpaired) electrons. The molecule has 0 aliphatic heterocycles. The number of hydrogen-bond donors (Lipinski definition) is 0. The molecule has 0 bridgehead atoms. The highest BCUT2D eigenvalue weighted by atomic mass is 16.5. The number of carbonyl (C=O) groups excluding carboxylic acids is 1. The summed E-state index contributed by atoms with van der Waals surface area (Å²) in [5.41, 5.74) is 2.13. The molecule has 100 valence electrons. The van der Waals surface area contributed by atoms with Gasteiger partial charge in [-0.1, -0.05) is 30.3 Å². The normalized spacial score (nSPS) is 10.7. The average molecular weight is 266 g/mol. The van der Waals surface area contributed by atoms with Crippen LogP contribution in [0.15, 0.2) is 54.7 Å². The summed E-state index contributed by atoms with van der Waals surface area (Å²) in [6, 6.07) is 15.1. The van der Waals surface area contributed by atoms with Gasteiger partial charge in [-0.25, -0.2) is 9.48 Å². The van der Waals surface area contributed by atoms with Crippen LogP contribution in [-0.2, 0) is 4.74 Å². The van der Waals surface area contributed by atoms with Crippen LogP contribution in [-0.4, -0.2) is 22.4 Å². The Morgan fingerprint density at radius 3 is 2.70 bits per heavy atom. The quantitative estimate of drug-likeness (QED) is 0.684. The van der Waals surface area contributed by atoms with Crippen molar-refractivity contribution in [2.45, 2.75) is 6.92 Å². The Bertz CT molecular complexity index is 729. The fourth-order valence-corrected chi connectivity index (χ4v) is 2.14. The van der Waals surface area contributed by atoms with Gasteiger partial charge in [0.05, 0.1) is 23.4 Å². The van der Waals surface area contributed by atoms with Gasteiger partial charge >= 0.3 is 5.97 Å². The van der Waals surface area contributed by atoms with E-state index in [9.17, 15) is 4.79 Å². The van der Waals surface area contributed by atoms with Crippen molar-refractivity contribution in [2.24, 2.45) is 0 Å². The summed E-state index contributed by atoms with van der Waals surface area (Å²) in [7, 11) is 0. The molecule has 0 aliphatic carbocycles. The minimum atomic E-state index is -0.331. The molecule has 3 rings (SSSR count). The Balaban J connectivity index is 2.11. The molecule has 0 spiro atoms. The van der Waals surface area contributed by atoms with Crippen LogP contribution in [0.2, 0.25) is 0 Å². The van der Waals surface area contributed by atoms with E-state index in [1.165, 1.54) is 0 Å². The topological polar surface area (TPSA) is 44.1 Å². The number of carbonyl (C=O) groups is 1. The first-order chi connectivity index (χ1) is 9.79. The van der Waals surface area contributed by atoms with Gasteiger partial charge in [-0.15, -0.1) is 0 Å². The third kappa shape index (κ3) is 2.16. The van der Waals surface area contributed by atoms with Crippen molar-refractivity contribution in [3.63, 3.8) is 0 Å². The van der Waals surface area contributed by atoms with Crippen molar-refractivity contribution >= 4 is 16.9 Å². The van der Waals surface area contributed by atoms with E-state index in [0.29, 0.717) is 12.2 Å². The summed E-state index contributed by atoms with van der Waals surface area (Å²) in [6.45, 7) is 2.15. The first-order valence-corrected chi connectivity index (χ1v) is 6.50. The number of para-hydroxylation sites is 1. The Kier molecular flexibility index (Phi) is 3.21. The van der Waals surface area contributed by atoms with Crippen molar-refractivity contribution in [3.05, 3.63) is 60.3 Å². The molecule has 0 N–H and O–H groups in total. The van der Waals surface area contributed by atoms with Crippen molar-refractivity contribution in [3.8, 4) is 5.69 Å². The zero-order valence-electron chi connectivity index (χ0n) is 11.1. The second-order valence-electron chi connectivity index (χ2n) is 4.37. The maximum atomic E-state index is 12.0. The van der Waals surface area contributed by atoms with Crippen molar-refractivity contribution < 1.29 is 9.53 Å². The molecule has 0 saturated carbocycles. The largest absolute Gasteiger partial charge is 0.462 e. The van der Waals surface area contributed by atoms with Crippen molar-refractivity contribution in [2.75, 3.05) is 6.61 Å². The lowest BCUT2D eigenvalue weighted by atomic mass is 10.2. The minimum absolute atomic E-state index is 0.331. The molecule has 0 amide bonds. The average Bonchev–Trinajstić information content (AvgIpc) is 2.91. The van der Waals surface area contributed by atoms with Crippen LogP contribution in [0.5, 0.6) is 0 Å². The fraction of sp³-hybridized carbons (Fsp3) is 0.125. The Hall–Kier alpha value is -2.62. The molecule has 4 heteroatoms. The van der Waals surface area contributed by atoms with E-state index < -0.39 is 0 Å². The summed E-state index contributed by atoms with van der Waals surface area (Å²) in [4.78, 5) is 12.0. The molecule has 0 aliphatic rings. The molecule has 4 nitrogen and oxygen atoms in total. The lowest BCUT2D eigenvalue weighted by Crippen LogP contribution is -2.09. The maximum Gasteiger partial charge on any atom is 0.340 e. The van der Waals surface area contributed by atoms with Crippen molar-refractivity contribution in [1.29, 1.82) is 0 Å². The SMILES string of the molecule is CCOC(=O)c1ccccc1-n1cc2ccccc2n1. The van der Waals surface area contributed by atoms with E-state index in [4.69, 9.17) is 4.74 Å². The van der Waals surface area contributed by atoms with E-state index in [-0.39, 0.29) is 5.97 Å². The monoisotopic (exact) mass is 266 g/mol. The van der Waals surface area contributed by atoms with Crippen LogP contribution in [0.3, 0.4) is 0 Å². The minimum Gasteiger partial charge on any atom is -0.462 e. The van der Waals surface area contributed by atoms with Crippen LogP contribution in [0.1, 0.15) is 17.3 Å². The fourth-order valence-electron chi connectivity index (χ4n) is 2.14. The molecule has 0 fully saturated rings. The van der Waals surface area contributed by atoms with Gasteiger partial charge in [0.15, 0.2) is 0 Å². The third-order valence-corrected chi connectivity index (χ3v) is 3.06. The molecular formula is C16H14N2O2.